The van der Waals surface area contributed by atoms with E-state index in [1.165, 1.54) is 12.7 Å². The summed E-state index contributed by atoms with van der Waals surface area (Å²) in [4.78, 5) is 27.9. The maximum absolute atomic E-state index is 13.3. The number of ether oxygens (including phenoxy) is 3. The van der Waals surface area contributed by atoms with Gasteiger partial charge in [0.2, 0.25) is 0 Å². The van der Waals surface area contributed by atoms with Crippen molar-refractivity contribution in [2.45, 2.75) is 71.6 Å². The highest BCUT2D eigenvalue weighted by Crippen LogP contribution is 2.48. The van der Waals surface area contributed by atoms with Crippen LogP contribution >= 0.6 is 0 Å². The largest absolute Gasteiger partial charge is 0.493 e. The zero-order valence-electron chi connectivity index (χ0n) is 21.2. The summed E-state index contributed by atoms with van der Waals surface area (Å²) >= 11 is 0. The van der Waals surface area contributed by atoms with Crippen molar-refractivity contribution in [3.05, 3.63) is 46.0 Å². The number of urea groups is 1. The second kappa shape index (κ2) is 8.86. The minimum atomic E-state index is -0.911. The monoisotopic (exact) mass is 478 g/mol. The number of rotatable bonds is 4. The first-order valence-electron chi connectivity index (χ1n) is 12.4. The maximum Gasteiger partial charge on any atom is 0.339 e. The molecule has 35 heavy (non-hydrogen) atoms. The van der Waals surface area contributed by atoms with Gasteiger partial charge in [0.05, 0.1) is 25.0 Å². The van der Waals surface area contributed by atoms with Crippen LogP contribution in [0.3, 0.4) is 0 Å². The van der Waals surface area contributed by atoms with Crippen LogP contribution in [0.1, 0.15) is 67.5 Å². The third kappa shape index (κ3) is 4.16. The highest BCUT2D eigenvalue weighted by Gasteiger charge is 2.39. The summed E-state index contributed by atoms with van der Waals surface area (Å²) in [6.07, 6.45) is 2.61. The van der Waals surface area contributed by atoms with Crippen LogP contribution in [0.15, 0.2) is 18.2 Å². The Labute approximate surface area is 206 Å². The molecule has 3 aliphatic rings. The molecule has 7 nitrogen and oxygen atoms in total. The molecule has 2 aromatic rings. The number of carbonyl (C=O) groups is 2. The van der Waals surface area contributed by atoms with Crippen LogP contribution in [0.25, 0.3) is 11.1 Å². The zero-order valence-corrected chi connectivity index (χ0v) is 21.2. The van der Waals surface area contributed by atoms with Crippen molar-refractivity contribution < 1.29 is 23.8 Å². The molecule has 0 spiro atoms. The molecule has 0 aliphatic carbocycles. The zero-order chi connectivity index (χ0) is 24.9. The minimum absolute atomic E-state index is 0.0890. The van der Waals surface area contributed by atoms with Crippen LogP contribution in [0.2, 0.25) is 0 Å². The second-order valence-corrected chi connectivity index (χ2v) is 10.5. The number of fused-ring (bicyclic) bond motifs is 1. The van der Waals surface area contributed by atoms with Crippen molar-refractivity contribution >= 4 is 17.7 Å². The number of hydrogen-bond donors (Lipinski definition) is 1. The molecule has 1 atom stereocenters. The SMILES string of the molecule is COC(=O)C(OC(C)(C)C)c1c2c3c(c(C)c1-c1ccc4c(c1)CCCO4)CNC(=O)N3CCC2. The smallest absolute Gasteiger partial charge is 0.339 e. The molecule has 7 heteroatoms. The Morgan fingerprint density at radius 1 is 1.17 bits per heavy atom. The van der Waals surface area contributed by atoms with Crippen molar-refractivity contribution in [1.29, 1.82) is 0 Å². The van der Waals surface area contributed by atoms with Crippen molar-refractivity contribution in [1.82, 2.24) is 5.32 Å². The van der Waals surface area contributed by atoms with Gasteiger partial charge in [0.15, 0.2) is 6.10 Å². The van der Waals surface area contributed by atoms with E-state index in [-0.39, 0.29) is 6.03 Å². The molecule has 2 aromatic carbocycles. The lowest BCUT2D eigenvalue weighted by Crippen LogP contribution is -2.47. The lowest BCUT2D eigenvalue weighted by Gasteiger charge is -2.40. The average Bonchev–Trinajstić information content (AvgIpc) is 2.84. The van der Waals surface area contributed by atoms with Crippen LogP contribution in [0.4, 0.5) is 10.5 Å². The molecule has 0 saturated heterocycles. The predicted octanol–water partition coefficient (Wildman–Crippen LogP) is 4.99. The summed E-state index contributed by atoms with van der Waals surface area (Å²) in [7, 11) is 1.40. The fraction of sp³-hybridized carbons (Fsp3) is 0.500. The van der Waals surface area contributed by atoms with E-state index in [9.17, 15) is 9.59 Å². The number of anilines is 1. The third-order valence-electron chi connectivity index (χ3n) is 7.08. The molecule has 5 rings (SSSR count). The topological polar surface area (TPSA) is 77.1 Å². The van der Waals surface area contributed by atoms with E-state index in [1.54, 1.807) is 0 Å². The van der Waals surface area contributed by atoms with Crippen molar-refractivity contribution in [3.8, 4) is 16.9 Å². The summed E-state index contributed by atoms with van der Waals surface area (Å²) in [5, 5.41) is 3.03. The summed E-state index contributed by atoms with van der Waals surface area (Å²) in [5.41, 5.74) is 7.53. The van der Waals surface area contributed by atoms with Crippen molar-refractivity contribution in [2.75, 3.05) is 25.2 Å². The highest BCUT2D eigenvalue weighted by atomic mass is 16.6. The number of amides is 2. The average molecular weight is 479 g/mol. The summed E-state index contributed by atoms with van der Waals surface area (Å²) in [5.74, 6) is 0.489. The van der Waals surface area contributed by atoms with Crippen LogP contribution in [0.5, 0.6) is 5.75 Å². The Morgan fingerprint density at radius 3 is 2.71 bits per heavy atom. The van der Waals surface area contributed by atoms with Gasteiger partial charge in [-0.05, 0) is 98.9 Å². The van der Waals surface area contributed by atoms with E-state index in [2.05, 4.69) is 24.4 Å². The number of nitrogens with zero attached hydrogens (tertiary/aromatic N) is 1. The van der Waals surface area contributed by atoms with Crippen molar-refractivity contribution in [3.63, 3.8) is 0 Å². The van der Waals surface area contributed by atoms with Gasteiger partial charge in [-0.3, -0.25) is 4.90 Å². The lowest BCUT2D eigenvalue weighted by molar-refractivity contribution is -0.164. The fourth-order valence-corrected chi connectivity index (χ4v) is 5.64. The van der Waals surface area contributed by atoms with E-state index in [0.29, 0.717) is 13.1 Å². The summed E-state index contributed by atoms with van der Waals surface area (Å²) in [6, 6.07) is 6.20. The molecule has 1 unspecified atom stereocenters. The maximum atomic E-state index is 13.3. The molecule has 0 saturated carbocycles. The molecule has 0 fully saturated rings. The van der Waals surface area contributed by atoms with Gasteiger partial charge in [0.25, 0.3) is 0 Å². The van der Waals surface area contributed by atoms with E-state index in [1.807, 2.05) is 31.7 Å². The Hall–Kier alpha value is -3.06. The predicted molar refractivity (Wildman–Crippen MR) is 134 cm³/mol. The quantitative estimate of drug-likeness (QED) is 0.627. The van der Waals surface area contributed by atoms with E-state index < -0.39 is 17.7 Å². The molecular weight excluding hydrogens is 444 g/mol. The van der Waals surface area contributed by atoms with Crippen LogP contribution < -0.4 is 15.0 Å². The van der Waals surface area contributed by atoms with E-state index in [4.69, 9.17) is 14.2 Å². The van der Waals surface area contributed by atoms with Gasteiger partial charge in [-0.1, -0.05) is 6.07 Å². The van der Waals surface area contributed by atoms with Gasteiger partial charge in [-0.25, -0.2) is 9.59 Å². The van der Waals surface area contributed by atoms with E-state index >= 15 is 0 Å². The molecule has 3 heterocycles. The van der Waals surface area contributed by atoms with Gasteiger partial charge in [0.1, 0.15) is 5.75 Å². The van der Waals surface area contributed by atoms with Gasteiger partial charge < -0.3 is 19.5 Å². The Bertz CT molecular complexity index is 1200. The van der Waals surface area contributed by atoms with Gasteiger partial charge >= 0.3 is 12.0 Å². The Balaban J connectivity index is 1.82. The standard InChI is InChI=1S/C28H34N2O5/c1-16-20-15-29-27(32)30-12-6-9-19(24(20)30)23(25(26(31)33-5)35-28(2,3)4)22(16)18-10-11-21-17(14-18)8-7-13-34-21/h10-11,14,25H,6-9,12-13,15H2,1-5H3,(H,29,32). The van der Waals surface area contributed by atoms with Gasteiger partial charge in [-0.15, -0.1) is 0 Å². The fourth-order valence-electron chi connectivity index (χ4n) is 5.64. The molecule has 0 bridgehead atoms. The van der Waals surface area contributed by atoms with E-state index in [0.717, 1.165) is 77.1 Å². The number of hydrogen-bond acceptors (Lipinski definition) is 5. The summed E-state index contributed by atoms with van der Waals surface area (Å²) in [6.45, 7) is 9.76. The Kier molecular flexibility index (Phi) is 5.99. The first-order chi connectivity index (χ1) is 16.7. The summed E-state index contributed by atoms with van der Waals surface area (Å²) < 4.78 is 17.5. The van der Waals surface area contributed by atoms with Gasteiger partial charge in [0, 0.05) is 18.7 Å². The number of benzene rings is 2. The van der Waals surface area contributed by atoms with Crippen molar-refractivity contribution in [2.24, 2.45) is 0 Å². The lowest BCUT2D eigenvalue weighted by atomic mass is 9.80. The third-order valence-corrected chi connectivity index (χ3v) is 7.08. The molecule has 0 radical (unpaired) electrons. The molecule has 3 aliphatic heterocycles. The molecule has 1 N–H and O–H groups in total. The number of aryl methyl sites for hydroxylation is 1. The number of methoxy groups -OCH3 is 1. The first kappa shape index (κ1) is 23.7. The highest BCUT2D eigenvalue weighted by molar-refractivity contribution is 5.99. The number of nitrogens with one attached hydrogen (secondary N) is 1. The molecule has 2 amide bonds. The van der Waals surface area contributed by atoms with Crippen LogP contribution in [0, 0.1) is 6.92 Å². The molecule has 186 valence electrons. The Morgan fingerprint density at radius 2 is 1.97 bits per heavy atom. The molecule has 0 aromatic heterocycles. The minimum Gasteiger partial charge on any atom is -0.493 e. The van der Waals surface area contributed by atoms with Crippen LogP contribution in [-0.4, -0.2) is 37.9 Å². The number of esters is 1. The molecular formula is C28H34N2O5. The first-order valence-corrected chi connectivity index (χ1v) is 12.4. The van der Waals surface area contributed by atoms with Crippen LogP contribution in [-0.2, 0) is 33.7 Å². The van der Waals surface area contributed by atoms with Gasteiger partial charge in [-0.2, -0.15) is 0 Å². The second-order valence-electron chi connectivity index (χ2n) is 10.5. The number of carbonyl (C=O) groups excluding carboxylic acids is 2. The normalized spacial score (nSPS) is 17.6.